The van der Waals surface area contributed by atoms with Crippen LogP contribution in [0.5, 0.6) is 0 Å². The number of nitrogens with zero attached hydrogens (tertiary/aromatic N) is 1. The van der Waals surface area contributed by atoms with Gasteiger partial charge >= 0.3 is 6.09 Å². The maximum Gasteiger partial charge on any atom is 0.411 e. The van der Waals surface area contributed by atoms with Crippen LogP contribution in [0, 0.1) is 22.9 Å². The molecule has 98 valence electrons. The van der Waals surface area contributed by atoms with Crippen LogP contribution in [0.15, 0.2) is 6.07 Å². The molecule has 0 saturated heterocycles. The Balaban J connectivity index is 3.29. The van der Waals surface area contributed by atoms with Crippen LogP contribution in [0.2, 0.25) is 5.02 Å². The summed E-state index contributed by atoms with van der Waals surface area (Å²) in [6, 6.07) is 0.894. The normalized spacial score (nSPS) is 10.0. The van der Waals surface area contributed by atoms with Crippen molar-refractivity contribution in [1.29, 1.82) is 0 Å². The monoisotopic (exact) mass is 276 g/mol. The summed E-state index contributed by atoms with van der Waals surface area (Å²) in [5.74, 6) is -0.995. The van der Waals surface area contributed by atoms with Gasteiger partial charge in [-0.05, 0) is 19.9 Å². The van der Waals surface area contributed by atoms with Gasteiger partial charge in [0.2, 0.25) is 0 Å². The van der Waals surface area contributed by atoms with Crippen molar-refractivity contribution in [3.63, 3.8) is 0 Å². The molecule has 0 unspecified atom stereocenters. The molecule has 0 aromatic heterocycles. The Hall–Kier alpha value is -1.89. The Morgan fingerprint density at radius 2 is 2.28 bits per heavy atom. The first kappa shape index (κ1) is 14.2. The average Bonchev–Trinajstić information content (AvgIpc) is 2.25. The first-order valence-electron chi connectivity index (χ1n) is 4.95. The molecule has 0 atom stereocenters. The van der Waals surface area contributed by atoms with Crippen LogP contribution >= 0.6 is 11.6 Å². The number of carbonyl (C=O) groups excluding carboxylic acids is 1. The zero-order valence-corrected chi connectivity index (χ0v) is 10.4. The van der Waals surface area contributed by atoms with Crippen molar-refractivity contribution >= 4 is 29.1 Å². The maximum absolute atomic E-state index is 13.6. The number of hydrogen-bond acceptors (Lipinski definition) is 4. The first-order chi connectivity index (χ1) is 8.38. The zero-order chi connectivity index (χ0) is 13.9. The molecule has 0 radical (unpaired) electrons. The van der Waals surface area contributed by atoms with E-state index >= 15 is 0 Å². The summed E-state index contributed by atoms with van der Waals surface area (Å²) in [7, 11) is 0. The van der Waals surface area contributed by atoms with Gasteiger partial charge in [-0.3, -0.25) is 15.4 Å². The first-order valence-corrected chi connectivity index (χ1v) is 5.33. The Kier molecular flexibility index (Phi) is 4.43. The van der Waals surface area contributed by atoms with Crippen LogP contribution in [0.1, 0.15) is 12.5 Å². The highest BCUT2D eigenvalue weighted by Gasteiger charge is 2.26. The van der Waals surface area contributed by atoms with Crippen LogP contribution < -0.4 is 5.32 Å². The molecule has 0 aliphatic rings. The molecule has 0 saturated carbocycles. The molecule has 6 nitrogen and oxygen atoms in total. The van der Waals surface area contributed by atoms with Crippen LogP contribution in [0.3, 0.4) is 0 Å². The molecule has 0 fully saturated rings. The summed E-state index contributed by atoms with van der Waals surface area (Å²) in [5, 5.41) is 12.8. The van der Waals surface area contributed by atoms with Crippen molar-refractivity contribution in [1.82, 2.24) is 0 Å². The van der Waals surface area contributed by atoms with Gasteiger partial charge < -0.3 is 4.74 Å². The highest BCUT2D eigenvalue weighted by Crippen LogP contribution is 2.35. The highest BCUT2D eigenvalue weighted by atomic mass is 35.5. The third-order valence-corrected chi connectivity index (χ3v) is 2.52. The third kappa shape index (κ3) is 2.86. The van der Waals surface area contributed by atoms with Crippen molar-refractivity contribution in [2.24, 2.45) is 0 Å². The summed E-state index contributed by atoms with van der Waals surface area (Å²) < 4.78 is 18.1. The van der Waals surface area contributed by atoms with Gasteiger partial charge in [-0.25, -0.2) is 9.18 Å². The van der Waals surface area contributed by atoms with Gasteiger partial charge in [0.15, 0.2) is 11.5 Å². The number of nitro groups is 1. The van der Waals surface area contributed by atoms with Gasteiger partial charge in [0, 0.05) is 5.56 Å². The zero-order valence-electron chi connectivity index (χ0n) is 9.62. The number of carbonyl (C=O) groups is 1. The van der Waals surface area contributed by atoms with Gasteiger partial charge in [0.1, 0.15) is 0 Å². The van der Waals surface area contributed by atoms with Gasteiger partial charge in [0.05, 0.1) is 16.6 Å². The summed E-state index contributed by atoms with van der Waals surface area (Å²) in [5.41, 5.74) is -1.08. The van der Waals surface area contributed by atoms with Crippen molar-refractivity contribution in [2.75, 3.05) is 11.9 Å². The molecule has 0 spiro atoms. The molecule has 1 N–H and O–H groups in total. The number of halogens is 2. The Morgan fingerprint density at radius 3 is 2.78 bits per heavy atom. The van der Waals surface area contributed by atoms with Crippen LogP contribution in [-0.4, -0.2) is 17.6 Å². The van der Waals surface area contributed by atoms with Crippen molar-refractivity contribution < 1.29 is 18.8 Å². The second-order valence-corrected chi connectivity index (χ2v) is 3.70. The van der Waals surface area contributed by atoms with Crippen LogP contribution in [0.25, 0.3) is 0 Å². The number of nitrogens with one attached hydrogen (secondary N) is 1. The van der Waals surface area contributed by atoms with E-state index in [9.17, 15) is 19.3 Å². The fourth-order valence-electron chi connectivity index (χ4n) is 1.32. The molecular weight excluding hydrogens is 267 g/mol. The summed E-state index contributed by atoms with van der Waals surface area (Å²) in [4.78, 5) is 21.2. The largest absolute Gasteiger partial charge is 0.450 e. The molecule has 1 amide bonds. The lowest BCUT2D eigenvalue weighted by Gasteiger charge is -2.09. The molecule has 0 aliphatic heterocycles. The predicted molar refractivity (Wildman–Crippen MR) is 63.4 cm³/mol. The minimum absolute atomic E-state index is 0.0633. The molecule has 1 aromatic carbocycles. The SMILES string of the molecule is CCOC(=O)Nc1c(F)cc(Cl)c(C)c1[N+](=O)[O-]. The molecule has 1 aromatic rings. The van der Waals surface area contributed by atoms with Gasteiger partial charge in [-0.2, -0.15) is 0 Å². The molecule has 0 aliphatic carbocycles. The van der Waals surface area contributed by atoms with Crippen LogP contribution in [-0.2, 0) is 4.74 Å². The van der Waals surface area contributed by atoms with E-state index in [0.29, 0.717) is 0 Å². The molecule has 8 heteroatoms. The number of benzene rings is 1. The summed E-state index contributed by atoms with van der Waals surface area (Å²) in [6.07, 6.45) is -0.971. The maximum atomic E-state index is 13.6. The van der Waals surface area contributed by atoms with Crippen molar-refractivity contribution in [2.45, 2.75) is 13.8 Å². The summed E-state index contributed by atoms with van der Waals surface area (Å²) in [6.45, 7) is 2.97. The van der Waals surface area contributed by atoms with Crippen molar-refractivity contribution in [3.05, 3.63) is 32.6 Å². The van der Waals surface area contributed by atoms with E-state index in [4.69, 9.17) is 11.6 Å². The Labute approximate surface area is 107 Å². The van der Waals surface area contributed by atoms with Crippen molar-refractivity contribution in [3.8, 4) is 0 Å². The molecular formula is C10H10ClFN2O4. The fraction of sp³-hybridized carbons (Fsp3) is 0.300. The van der Waals surface area contributed by atoms with E-state index in [0.717, 1.165) is 6.07 Å². The minimum atomic E-state index is -0.995. The molecule has 0 bridgehead atoms. The third-order valence-electron chi connectivity index (χ3n) is 2.13. The van der Waals surface area contributed by atoms with E-state index < -0.39 is 28.2 Å². The van der Waals surface area contributed by atoms with E-state index in [2.05, 4.69) is 4.74 Å². The second-order valence-electron chi connectivity index (χ2n) is 3.29. The highest BCUT2D eigenvalue weighted by molar-refractivity contribution is 6.31. The lowest BCUT2D eigenvalue weighted by atomic mass is 10.1. The quantitative estimate of drug-likeness (QED) is 0.678. The Bertz CT molecular complexity index is 507. The predicted octanol–water partition coefficient (Wildman–Crippen LogP) is 3.26. The van der Waals surface area contributed by atoms with Gasteiger partial charge in [-0.1, -0.05) is 11.6 Å². The number of ether oxygens (including phenoxy) is 1. The van der Waals surface area contributed by atoms with E-state index in [1.165, 1.54) is 6.92 Å². The van der Waals surface area contributed by atoms with E-state index in [1.807, 2.05) is 5.32 Å². The lowest BCUT2D eigenvalue weighted by molar-refractivity contribution is -0.384. The number of amides is 1. The molecule has 18 heavy (non-hydrogen) atoms. The Morgan fingerprint density at radius 1 is 1.67 bits per heavy atom. The van der Waals surface area contributed by atoms with Gasteiger partial charge in [0.25, 0.3) is 5.69 Å². The molecule has 1 rings (SSSR count). The standard InChI is InChI=1S/C10H10ClFN2O4/c1-3-18-10(15)13-8-7(12)4-6(11)5(2)9(8)14(16)17/h4H,3H2,1-2H3,(H,13,15). The summed E-state index contributed by atoms with van der Waals surface area (Å²) >= 11 is 5.64. The van der Waals surface area contributed by atoms with E-state index in [1.54, 1.807) is 6.92 Å². The number of hydrogen-bond donors (Lipinski definition) is 1. The fourth-order valence-corrected chi connectivity index (χ4v) is 1.51. The van der Waals surface area contributed by atoms with Crippen LogP contribution in [0.4, 0.5) is 20.6 Å². The van der Waals surface area contributed by atoms with Gasteiger partial charge in [-0.15, -0.1) is 0 Å². The number of rotatable bonds is 3. The minimum Gasteiger partial charge on any atom is -0.450 e. The lowest BCUT2D eigenvalue weighted by Crippen LogP contribution is -2.16. The number of anilines is 1. The topological polar surface area (TPSA) is 81.5 Å². The molecule has 0 heterocycles. The number of nitro benzene ring substituents is 1. The average molecular weight is 277 g/mol. The smallest absolute Gasteiger partial charge is 0.411 e. The van der Waals surface area contributed by atoms with E-state index in [-0.39, 0.29) is 17.2 Å². The second kappa shape index (κ2) is 5.63.